The number of aromatic amines is 1. The monoisotopic (exact) mass is 354 g/mol. The highest BCUT2D eigenvalue weighted by atomic mass is 16.3. The smallest absolute Gasteiger partial charge is 0.329 e. The van der Waals surface area contributed by atoms with Gasteiger partial charge < -0.3 is 20.0 Å². The van der Waals surface area contributed by atoms with Gasteiger partial charge in [0.1, 0.15) is 11.5 Å². The molecule has 0 saturated heterocycles. The minimum Gasteiger partial charge on any atom is -0.394 e. The number of aliphatic hydroxyl groups excluding tert-OH is 2. The first-order valence-corrected chi connectivity index (χ1v) is 9.04. The summed E-state index contributed by atoms with van der Waals surface area (Å²) in [6, 6.07) is 0. The highest BCUT2D eigenvalue weighted by molar-refractivity contribution is 5.71. The van der Waals surface area contributed by atoms with Gasteiger partial charge in [-0.3, -0.25) is 14.3 Å². The summed E-state index contributed by atoms with van der Waals surface area (Å²) in [7, 11) is 3.55. The van der Waals surface area contributed by atoms with Crippen LogP contribution in [0.4, 0.5) is 11.5 Å². The lowest BCUT2D eigenvalue weighted by atomic mass is 10.1. The highest BCUT2D eigenvalue weighted by Crippen LogP contribution is 2.29. The van der Waals surface area contributed by atoms with Crippen LogP contribution < -0.4 is 21.0 Å². The molecule has 0 spiro atoms. The second-order valence-corrected chi connectivity index (χ2v) is 6.84. The van der Waals surface area contributed by atoms with Crippen LogP contribution in [0.3, 0.4) is 0 Å². The van der Waals surface area contributed by atoms with Crippen molar-refractivity contribution in [1.29, 1.82) is 0 Å². The standard InChI is InChI=1S/C17H30N4O4/c1-19-12-21(16-14(19)15(24)18-17(25)20(16)2)10-8-6-4-3-5-7-9-13(23)11-22/h13,22-23H,3-12H2,1-2H3,(H,18,24,25). The number of rotatable bonds is 10. The molecule has 0 aromatic carbocycles. The van der Waals surface area contributed by atoms with E-state index in [1.54, 1.807) is 7.05 Å². The van der Waals surface area contributed by atoms with Crippen molar-refractivity contribution in [2.24, 2.45) is 7.05 Å². The SMILES string of the molecule is CN1CN(CCCCCCCCC(O)CO)c2c1c(=O)[nH]c(=O)n2C. The fourth-order valence-corrected chi connectivity index (χ4v) is 3.35. The second-order valence-electron chi connectivity index (χ2n) is 6.84. The summed E-state index contributed by atoms with van der Waals surface area (Å²) in [4.78, 5) is 30.2. The molecule has 2 rings (SSSR count). The van der Waals surface area contributed by atoms with Crippen molar-refractivity contribution >= 4 is 11.5 Å². The summed E-state index contributed by atoms with van der Waals surface area (Å²) in [6.07, 6.45) is 6.43. The molecule has 8 nitrogen and oxygen atoms in total. The second kappa shape index (κ2) is 9.05. The van der Waals surface area contributed by atoms with Gasteiger partial charge in [-0.1, -0.05) is 32.1 Å². The first-order chi connectivity index (χ1) is 12.0. The normalized spacial score (nSPS) is 14.9. The van der Waals surface area contributed by atoms with Crippen molar-refractivity contribution in [2.75, 3.05) is 36.7 Å². The molecule has 0 aliphatic carbocycles. The number of nitrogens with one attached hydrogen (secondary N) is 1. The molecule has 0 bridgehead atoms. The van der Waals surface area contributed by atoms with Crippen LogP contribution in [0.1, 0.15) is 44.9 Å². The Morgan fingerprint density at radius 2 is 1.72 bits per heavy atom. The van der Waals surface area contributed by atoms with Crippen LogP contribution in [0.5, 0.6) is 0 Å². The van der Waals surface area contributed by atoms with E-state index < -0.39 is 6.10 Å². The maximum atomic E-state index is 12.0. The van der Waals surface area contributed by atoms with Crippen LogP contribution in [0.25, 0.3) is 0 Å². The van der Waals surface area contributed by atoms with E-state index in [0.717, 1.165) is 45.1 Å². The maximum Gasteiger partial charge on any atom is 0.329 e. The van der Waals surface area contributed by atoms with Gasteiger partial charge in [0.25, 0.3) is 5.56 Å². The van der Waals surface area contributed by atoms with E-state index in [4.69, 9.17) is 5.11 Å². The minimum absolute atomic E-state index is 0.156. The van der Waals surface area contributed by atoms with E-state index in [9.17, 15) is 14.7 Å². The lowest BCUT2D eigenvalue weighted by Gasteiger charge is -2.20. The van der Waals surface area contributed by atoms with Crippen LogP contribution in [-0.2, 0) is 7.05 Å². The number of aromatic nitrogens is 2. The summed E-state index contributed by atoms with van der Waals surface area (Å²) in [5, 5.41) is 18.0. The summed E-state index contributed by atoms with van der Waals surface area (Å²) < 4.78 is 1.51. The molecule has 0 radical (unpaired) electrons. The van der Waals surface area contributed by atoms with E-state index in [1.165, 1.54) is 4.57 Å². The Labute approximate surface area is 147 Å². The summed E-state index contributed by atoms with van der Waals surface area (Å²) >= 11 is 0. The van der Waals surface area contributed by atoms with E-state index in [2.05, 4.69) is 9.88 Å². The van der Waals surface area contributed by atoms with E-state index in [0.29, 0.717) is 24.6 Å². The molecule has 1 aliphatic rings. The van der Waals surface area contributed by atoms with Gasteiger partial charge in [0.2, 0.25) is 0 Å². The van der Waals surface area contributed by atoms with Crippen LogP contribution in [-0.4, -0.2) is 52.7 Å². The molecule has 3 N–H and O–H groups in total. The zero-order valence-corrected chi connectivity index (χ0v) is 15.2. The molecule has 1 unspecified atom stereocenters. The Balaban J connectivity index is 1.75. The third-order valence-corrected chi connectivity index (χ3v) is 4.76. The topological polar surface area (TPSA) is 102 Å². The van der Waals surface area contributed by atoms with Crippen molar-refractivity contribution in [3.8, 4) is 0 Å². The van der Waals surface area contributed by atoms with E-state index >= 15 is 0 Å². The number of H-pyrrole nitrogens is 1. The third kappa shape index (κ3) is 4.85. The zero-order chi connectivity index (χ0) is 18.4. The summed E-state index contributed by atoms with van der Waals surface area (Å²) in [5.74, 6) is 0.703. The molecule has 0 fully saturated rings. The molecule has 0 saturated carbocycles. The molecular formula is C17H30N4O4. The molecule has 1 atom stereocenters. The summed E-state index contributed by atoms with van der Waals surface area (Å²) in [6.45, 7) is 1.28. The first-order valence-electron chi connectivity index (χ1n) is 9.04. The number of hydrogen-bond acceptors (Lipinski definition) is 6. The van der Waals surface area contributed by atoms with Crippen molar-refractivity contribution in [3.05, 3.63) is 20.8 Å². The van der Waals surface area contributed by atoms with E-state index in [-0.39, 0.29) is 17.9 Å². The van der Waals surface area contributed by atoms with Crippen LogP contribution in [0.2, 0.25) is 0 Å². The molecule has 1 aliphatic heterocycles. The number of fused-ring (bicyclic) bond motifs is 1. The molecule has 25 heavy (non-hydrogen) atoms. The molecule has 0 amide bonds. The van der Waals surface area contributed by atoms with Gasteiger partial charge in [-0.05, 0) is 12.8 Å². The number of unbranched alkanes of at least 4 members (excludes halogenated alkanes) is 5. The number of nitrogens with zero attached hydrogens (tertiary/aromatic N) is 3. The van der Waals surface area contributed by atoms with Crippen LogP contribution in [0, 0.1) is 0 Å². The lowest BCUT2D eigenvalue weighted by Crippen LogP contribution is -2.32. The summed E-state index contributed by atoms with van der Waals surface area (Å²) in [5.41, 5.74) is -0.146. The number of hydrogen-bond donors (Lipinski definition) is 3. The average Bonchev–Trinajstić information content (AvgIpc) is 2.91. The predicted octanol–water partition coefficient (Wildman–Crippen LogP) is 0.371. The van der Waals surface area contributed by atoms with Gasteiger partial charge in [0, 0.05) is 20.6 Å². The van der Waals surface area contributed by atoms with Crippen LogP contribution in [0.15, 0.2) is 9.59 Å². The third-order valence-electron chi connectivity index (χ3n) is 4.76. The lowest BCUT2D eigenvalue weighted by molar-refractivity contribution is 0.0860. The van der Waals surface area contributed by atoms with Gasteiger partial charge in [0.05, 0.1) is 19.4 Å². The zero-order valence-electron chi connectivity index (χ0n) is 15.2. The average molecular weight is 354 g/mol. The van der Waals surface area contributed by atoms with Gasteiger partial charge in [0.15, 0.2) is 0 Å². The largest absolute Gasteiger partial charge is 0.394 e. The van der Waals surface area contributed by atoms with Gasteiger partial charge in [-0.25, -0.2) is 4.79 Å². The van der Waals surface area contributed by atoms with E-state index in [1.807, 2.05) is 11.9 Å². The quantitative estimate of drug-likeness (QED) is 0.525. The predicted molar refractivity (Wildman–Crippen MR) is 98.3 cm³/mol. The Morgan fingerprint density at radius 1 is 1.08 bits per heavy atom. The Bertz CT molecular complexity index is 670. The number of aliphatic hydroxyl groups is 2. The molecule has 1 aromatic heterocycles. The Morgan fingerprint density at radius 3 is 2.40 bits per heavy atom. The maximum absolute atomic E-state index is 12.0. The van der Waals surface area contributed by atoms with Crippen molar-refractivity contribution < 1.29 is 10.2 Å². The Kier molecular flexibility index (Phi) is 7.07. The molecule has 142 valence electrons. The van der Waals surface area contributed by atoms with Crippen LogP contribution >= 0.6 is 0 Å². The van der Waals surface area contributed by atoms with Crippen molar-refractivity contribution in [3.63, 3.8) is 0 Å². The van der Waals surface area contributed by atoms with Gasteiger partial charge >= 0.3 is 5.69 Å². The fourth-order valence-electron chi connectivity index (χ4n) is 3.35. The van der Waals surface area contributed by atoms with Gasteiger partial charge in [-0.15, -0.1) is 0 Å². The molecule has 1 aromatic rings. The molecule has 2 heterocycles. The Hall–Kier alpha value is -1.80. The first kappa shape index (κ1) is 19.5. The molecular weight excluding hydrogens is 324 g/mol. The number of anilines is 2. The minimum atomic E-state index is -0.581. The molecule has 8 heteroatoms. The van der Waals surface area contributed by atoms with Crippen molar-refractivity contribution in [1.82, 2.24) is 9.55 Å². The fraction of sp³-hybridized carbons (Fsp3) is 0.765. The van der Waals surface area contributed by atoms with Gasteiger partial charge in [-0.2, -0.15) is 0 Å². The van der Waals surface area contributed by atoms with Crippen molar-refractivity contribution in [2.45, 2.75) is 51.0 Å². The highest BCUT2D eigenvalue weighted by Gasteiger charge is 2.28.